The predicted octanol–water partition coefficient (Wildman–Crippen LogP) is 18.7. The number of anilines is 3. The first-order valence-electron chi connectivity index (χ1n) is 42.5. The number of nitrogens with zero attached hydrogens (tertiary/aromatic N) is 12. The van der Waals surface area contributed by atoms with Crippen LogP contribution in [0.3, 0.4) is 0 Å². The Morgan fingerprint density at radius 3 is 1.40 bits per heavy atom. The van der Waals surface area contributed by atoms with E-state index in [1.807, 2.05) is 144 Å². The van der Waals surface area contributed by atoms with Gasteiger partial charge in [-0.2, -0.15) is 0 Å². The number of carbonyl (C=O) groups excluding carboxylic acids is 4. The van der Waals surface area contributed by atoms with Gasteiger partial charge in [0.1, 0.15) is 68.8 Å². The van der Waals surface area contributed by atoms with Crippen LogP contribution in [-0.4, -0.2) is 168 Å². The van der Waals surface area contributed by atoms with E-state index in [4.69, 9.17) is 48.4 Å². The molecule has 0 saturated carbocycles. The SMILES string of the molecule is COc1cc(Cc2c[nH]c3ncc(C)cc23)cnc1CCc1cc(F)cnc1OC.COc1cc(Cc2c[nH]c3ncc(C)cc23)cnc1N.COc1ccc(CN(C(=O)OC(C)(C)C)c2ncc(C(O)c3c[nH]c4ncc(C)cc34)cc2OC)cc1.COc1ccc(CN(C(=O)OC(C)(C)C)c2ncc(C=O)cc2OC)cc1.COc1ncc(F)cc1C=O.Cc1cnc2[nH]ccc2c1. The molecule has 34 heteroatoms. The van der Waals surface area contributed by atoms with Gasteiger partial charge in [0.2, 0.25) is 11.8 Å². The van der Waals surface area contributed by atoms with Crippen molar-refractivity contribution >= 4 is 86.3 Å². The Morgan fingerprint density at radius 1 is 0.430 bits per heavy atom. The number of methoxy groups -OCH3 is 8. The number of hydrogen-bond acceptors (Lipinski definition) is 26. The molecule has 2 aromatic carbocycles. The first-order valence-corrected chi connectivity index (χ1v) is 42.5. The van der Waals surface area contributed by atoms with Crippen LogP contribution < -0.4 is 53.4 Å². The van der Waals surface area contributed by atoms with Crippen LogP contribution in [0.5, 0.6) is 46.3 Å². The van der Waals surface area contributed by atoms with Gasteiger partial charge in [-0.1, -0.05) is 24.3 Å². The third kappa shape index (κ3) is 27.1. The summed E-state index contributed by atoms with van der Waals surface area (Å²) in [4.78, 5) is 105. The summed E-state index contributed by atoms with van der Waals surface area (Å²) in [7, 11) is 12.3. The van der Waals surface area contributed by atoms with Gasteiger partial charge in [0, 0.05) is 131 Å². The largest absolute Gasteiger partial charge is 0.497 e. The Balaban J connectivity index is 0.000000163. The monoisotopic (exact) mass is 1840 g/mol. The highest BCUT2D eigenvalue weighted by Crippen LogP contribution is 2.37. The second-order valence-corrected chi connectivity index (χ2v) is 32.9. The smallest absolute Gasteiger partial charge is 0.416 e. The lowest BCUT2D eigenvalue weighted by atomic mass is 10.0. The highest BCUT2D eigenvalue weighted by atomic mass is 19.1. The number of ether oxygens (including phenoxy) is 10. The molecule has 0 saturated heterocycles. The Kier molecular flexibility index (Phi) is 34.1. The molecule has 702 valence electrons. The number of aromatic nitrogens is 14. The zero-order valence-corrected chi connectivity index (χ0v) is 78.4. The molecule has 0 aliphatic carbocycles. The highest BCUT2D eigenvalue weighted by molar-refractivity contribution is 5.91. The van der Waals surface area contributed by atoms with Crippen LogP contribution in [0, 0.1) is 39.3 Å². The van der Waals surface area contributed by atoms with Crippen molar-refractivity contribution in [2.24, 2.45) is 0 Å². The van der Waals surface area contributed by atoms with E-state index in [1.54, 1.807) is 94.6 Å². The van der Waals surface area contributed by atoms with E-state index in [9.17, 15) is 33.1 Å². The number of rotatable bonds is 25. The lowest BCUT2D eigenvalue weighted by Crippen LogP contribution is -2.37. The summed E-state index contributed by atoms with van der Waals surface area (Å²) in [6.07, 6.45) is 25.3. The topological polar surface area (TPSA) is 405 Å². The van der Waals surface area contributed by atoms with Gasteiger partial charge in [-0.05, 0) is 229 Å². The summed E-state index contributed by atoms with van der Waals surface area (Å²) >= 11 is 0. The van der Waals surface area contributed by atoms with E-state index in [0.29, 0.717) is 99.5 Å². The summed E-state index contributed by atoms with van der Waals surface area (Å²) in [5.41, 5.74) is 21.5. The number of aldehydes is 2. The number of H-pyrrole nitrogens is 4. The molecule has 0 aliphatic rings. The van der Waals surface area contributed by atoms with E-state index in [1.165, 1.54) is 79.3 Å². The summed E-state index contributed by atoms with van der Waals surface area (Å²) < 4.78 is 79.2. The van der Waals surface area contributed by atoms with Gasteiger partial charge in [-0.3, -0.25) is 24.4 Å². The molecule has 2 amide bonds. The van der Waals surface area contributed by atoms with Crippen molar-refractivity contribution in [1.29, 1.82) is 0 Å². The number of benzene rings is 2. The summed E-state index contributed by atoms with van der Waals surface area (Å²) in [6, 6.07) is 34.7. The number of aryl methyl sites for hydroxylation is 6. The maximum atomic E-state index is 13.6. The second-order valence-electron chi connectivity index (χ2n) is 32.9. The zero-order chi connectivity index (χ0) is 97.2. The van der Waals surface area contributed by atoms with Gasteiger partial charge < -0.3 is 78.1 Å². The van der Waals surface area contributed by atoms with Gasteiger partial charge in [-0.15, -0.1) is 0 Å². The molecule has 0 radical (unpaired) electrons. The number of amides is 2. The van der Waals surface area contributed by atoms with Crippen molar-refractivity contribution in [2.45, 2.75) is 125 Å². The number of fused-ring (bicyclic) bond motifs is 4. The maximum Gasteiger partial charge on any atom is 0.416 e. The van der Waals surface area contributed by atoms with Crippen molar-refractivity contribution in [3.8, 4) is 46.3 Å². The number of nitrogens with one attached hydrogen (secondary N) is 4. The fourth-order valence-corrected chi connectivity index (χ4v) is 13.9. The molecule has 1 atom stereocenters. The molecular formula is C101H109F2N17O15. The lowest BCUT2D eigenvalue weighted by molar-refractivity contribution is 0.0564. The van der Waals surface area contributed by atoms with Crippen molar-refractivity contribution in [3.05, 3.63) is 303 Å². The molecule has 1 unspecified atom stereocenters. The number of aromatic amines is 4. The second kappa shape index (κ2) is 46.2. The average Bonchev–Trinajstić information content (AvgIpc) is 1.76. The summed E-state index contributed by atoms with van der Waals surface area (Å²) in [5, 5.41) is 15.5. The van der Waals surface area contributed by atoms with Crippen LogP contribution in [0.15, 0.2) is 202 Å². The van der Waals surface area contributed by atoms with E-state index in [2.05, 4.69) is 92.7 Å². The number of aliphatic hydroxyl groups excluding tert-OH is 1. The van der Waals surface area contributed by atoms with Crippen LogP contribution in [0.4, 0.5) is 35.8 Å². The molecule has 32 nitrogen and oxygen atoms in total. The number of halogens is 2. The molecule has 14 aromatic heterocycles. The van der Waals surface area contributed by atoms with Gasteiger partial charge in [0.25, 0.3) is 0 Å². The third-order valence-electron chi connectivity index (χ3n) is 20.4. The van der Waals surface area contributed by atoms with E-state index in [-0.39, 0.29) is 42.0 Å². The molecule has 0 aliphatic heterocycles. The first kappa shape index (κ1) is 99.6. The molecule has 0 fully saturated rings. The fourth-order valence-electron chi connectivity index (χ4n) is 13.9. The van der Waals surface area contributed by atoms with Gasteiger partial charge in [-0.25, -0.2) is 63.2 Å². The van der Waals surface area contributed by atoms with Crippen LogP contribution in [-0.2, 0) is 48.2 Å². The van der Waals surface area contributed by atoms with Crippen molar-refractivity contribution in [3.63, 3.8) is 0 Å². The highest BCUT2D eigenvalue weighted by Gasteiger charge is 2.31. The summed E-state index contributed by atoms with van der Waals surface area (Å²) in [6.45, 7) is 19.2. The minimum absolute atomic E-state index is 0.118. The van der Waals surface area contributed by atoms with Crippen molar-refractivity contribution < 1.29 is 80.4 Å². The normalized spacial score (nSPS) is 11.1. The standard InChI is InChI=1S/C28H32N4O5.C23H23FN4O2.C20H24N2O5.C15H16N4O.C8H8N2.C7H6FNO2/c1-17-11-21-22(15-30-25(21)29-13-17)24(33)19-12-23(36-6)26(31-14-19)32(27(34)37-28(2,3)4)16-18-7-9-20(35-5)10-8-18;1-14-6-19-17(12-27-22(19)26-10-14)7-15-8-21(29-2)20(25-11-15)5-4-16-9-18(24)13-28-23(16)30-3;1-20(2,3)27-19(24)22(12-14-6-8-16(25-4)9-7-14)18-17(26-5)10-15(13-23)11-21-18;1-9-3-12-11(8-19-15(12)18-6-9)4-10-5-13(20-2)14(16)17-7-10;1-6-4-7-2-3-9-8(7)10-5-6;1-11-7-5(4-10)2-6(8)3-9-7/h7-15,24,33H,16H2,1-6H3,(H,29,30);6,8-13H,4-5,7H2,1-3H3,(H,26,27);6-11,13H,12H2,1-5H3;3,5-8H,4H2,1-2H3,(H2,16,17)(H,18,19);2-5H,1H3,(H,9,10);2-4H,1H3. The van der Waals surface area contributed by atoms with Crippen LogP contribution in [0.25, 0.3) is 44.1 Å². The Bertz CT molecular complexity index is 6730. The molecule has 16 rings (SSSR count). The quantitative estimate of drug-likeness (QED) is 0.0289. The molecule has 16 aromatic rings. The van der Waals surface area contributed by atoms with Gasteiger partial charge in [0.15, 0.2) is 47.3 Å². The van der Waals surface area contributed by atoms with Gasteiger partial charge in [0.05, 0.1) is 93.6 Å². The predicted molar refractivity (Wildman–Crippen MR) is 511 cm³/mol. The number of nitrogens with two attached hydrogens (primary N) is 1. The van der Waals surface area contributed by atoms with Crippen LogP contribution in [0.2, 0.25) is 0 Å². The molecule has 0 bridgehead atoms. The van der Waals surface area contributed by atoms with Crippen molar-refractivity contribution in [1.82, 2.24) is 69.8 Å². The molecular weight excluding hydrogens is 1730 g/mol. The molecule has 0 spiro atoms. The molecule has 7 N–H and O–H groups in total. The van der Waals surface area contributed by atoms with Crippen molar-refractivity contribution in [2.75, 3.05) is 72.4 Å². The number of carbonyl (C=O) groups is 4. The lowest BCUT2D eigenvalue weighted by Gasteiger charge is -2.28. The fraction of sp³-hybridized carbons (Fsp3) is 0.267. The maximum absolute atomic E-state index is 13.6. The molecule has 14 heterocycles. The minimum atomic E-state index is -0.982. The average molecular weight is 1840 g/mol. The number of nitrogen functional groups attached to an aromatic ring is 1. The first-order chi connectivity index (χ1) is 64.7. The zero-order valence-electron chi connectivity index (χ0n) is 78.4. The number of hydrogen-bond donors (Lipinski definition) is 6. The Morgan fingerprint density at radius 2 is 0.896 bits per heavy atom. The van der Waals surface area contributed by atoms with E-state index < -0.39 is 35.3 Å². The molecule has 135 heavy (non-hydrogen) atoms. The number of aliphatic hydroxyl groups is 1. The van der Waals surface area contributed by atoms with Gasteiger partial charge >= 0.3 is 12.2 Å². The Labute approximate surface area is 779 Å². The van der Waals surface area contributed by atoms with E-state index >= 15 is 0 Å². The third-order valence-corrected chi connectivity index (χ3v) is 20.4. The van der Waals surface area contributed by atoms with Crippen LogP contribution >= 0.6 is 0 Å². The van der Waals surface area contributed by atoms with Crippen LogP contribution in [0.1, 0.15) is 146 Å². The Hall–Kier alpha value is -16.0. The summed E-state index contributed by atoms with van der Waals surface area (Å²) in [5.74, 6) is 3.97. The van der Waals surface area contributed by atoms with E-state index in [0.717, 1.165) is 115 Å². The number of pyridine rings is 10. The minimum Gasteiger partial charge on any atom is -0.497 e.